The summed E-state index contributed by atoms with van der Waals surface area (Å²) in [6.07, 6.45) is 1.95. The third-order valence-electron chi connectivity index (χ3n) is 3.19. The van der Waals surface area contributed by atoms with E-state index in [1.165, 1.54) is 5.56 Å². The number of nitrogens with zero attached hydrogens (tertiary/aromatic N) is 2. The number of rotatable bonds is 5. The molecule has 0 aliphatic rings. The van der Waals surface area contributed by atoms with Crippen molar-refractivity contribution in [2.45, 2.75) is 39.7 Å². The van der Waals surface area contributed by atoms with Crippen LogP contribution in [0, 0.1) is 6.92 Å². The fraction of sp³-hybridized carbons (Fsp3) is 0.375. The van der Waals surface area contributed by atoms with Gasteiger partial charge in [-0.05, 0) is 25.3 Å². The van der Waals surface area contributed by atoms with Crippen molar-refractivity contribution in [1.82, 2.24) is 9.97 Å². The van der Waals surface area contributed by atoms with Gasteiger partial charge in [0.05, 0.1) is 6.04 Å². The summed E-state index contributed by atoms with van der Waals surface area (Å²) in [6, 6.07) is 12.8. The Morgan fingerprint density at radius 3 is 2.47 bits per heavy atom. The van der Waals surface area contributed by atoms with Crippen LogP contribution in [0.3, 0.4) is 0 Å². The first kappa shape index (κ1) is 13.5. The average molecular weight is 255 g/mol. The van der Waals surface area contributed by atoms with Gasteiger partial charge in [0.1, 0.15) is 11.6 Å². The zero-order valence-electron chi connectivity index (χ0n) is 11.9. The Morgan fingerprint density at radius 2 is 1.84 bits per heavy atom. The maximum Gasteiger partial charge on any atom is 0.130 e. The number of anilines is 1. The lowest BCUT2D eigenvalue weighted by Gasteiger charge is -2.18. The molecule has 0 aliphatic carbocycles. The maximum absolute atomic E-state index is 4.47. The third-order valence-corrected chi connectivity index (χ3v) is 3.19. The molecule has 0 amide bonds. The zero-order chi connectivity index (χ0) is 13.7. The van der Waals surface area contributed by atoms with E-state index in [1.807, 2.05) is 19.1 Å². The summed E-state index contributed by atoms with van der Waals surface area (Å²) in [5.41, 5.74) is 2.37. The summed E-state index contributed by atoms with van der Waals surface area (Å²) < 4.78 is 0. The van der Waals surface area contributed by atoms with Gasteiger partial charge in [-0.2, -0.15) is 0 Å². The van der Waals surface area contributed by atoms with Crippen molar-refractivity contribution in [2.75, 3.05) is 5.32 Å². The lowest BCUT2D eigenvalue weighted by Crippen LogP contribution is -2.12. The Balaban J connectivity index is 2.21. The summed E-state index contributed by atoms with van der Waals surface area (Å²) in [7, 11) is 0. The highest BCUT2D eigenvalue weighted by Gasteiger charge is 2.10. The molecule has 0 saturated heterocycles. The van der Waals surface area contributed by atoms with Gasteiger partial charge in [0.2, 0.25) is 0 Å². The standard InChI is InChI=1S/C16H21N3/c1-4-14-11-16(18-12(3)17-14)19-15(5-2)13-9-7-6-8-10-13/h6-11,15H,4-5H2,1-3H3,(H,17,18,19). The smallest absolute Gasteiger partial charge is 0.130 e. The first-order valence-corrected chi connectivity index (χ1v) is 6.89. The molecule has 19 heavy (non-hydrogen) atoms. The van der Waals surface area contributed by atoms with E-state index in [0.717, 1.165) is 30.2 Å². The van der Waals surface area contributed by atoms with Gasteiger partial charge in [-0.1, -0.05) is 44.2 Å². The molecule has 0 aliphatic heterocycles. The van der Waals surface area contributed by atoms with Gasteiger partial charge < -0.3 is 5.32 Å². The van der Waals surface area contributed by atoms with Crippen LogP contribution in [0.4, 0.5) is 5.82 Å². The monoisotopic (exact) mass is 255 g/mol. The lowest BCUT2D eigenvalue weighted by molar-refractivity contribution is 0.741. The third kappa shape index (κ3) is 3.53. The van der Waals surface area contributed by atoms with Crippen LogP contribution in [0.5, 0.6) is 0 Å². The van der Waals surface area contributed by atoms with Crippen molar-refractivity contribution in [2.24, 2.45) is 0 Å². The first-order valence-electron chi connectivity index (χ1n) is 6.89. The molecule has 1 atom stereocenters. The first-order chi connectivity index (χ1) is 9.22. The number of benzene rings is 1. The van der Waals surface area contributed by atoms with Gasteiger partial charge in [-0.15, -0.1) is 0 Å². The Labute approximate surface area is 115 Å². The van der Waals surface area contributed by atoms with Crippen molar-refractivity contribution in [3.05, 3.63) is 53.5 Å². The van der Waals surface area contributed by atoms with Crippen LogP contribution in [0.25, 0.3) is 0 Å². The molecule has 1 aromatic heterocycles. The molecule has 2 rings (SSSR count). The second-order valence-electron chi connectivity index (χ2n) is 4.66. The highest BCUT2D eigenvalue weighted by molar-refractivity contribution is 5.39. The van der Waals surface area contributed by atoms with E-state index in [2.05, 4.69) is 53.4 Å². The number of aromatic nitrogens is 2. The lowest BCUT2D eigenvalue weighted by atomic mass is 10.0. The molecule has 3 nitrogen and oxygen atoms in total. The number of nitrogens with one attached hydrogen (secondary N) is 1. The molecular formula is C16H21N3. The van der Waals surface area contributed by atoms with Gasteiger partial charge in [-0.3, -0.25) is 0 Å². The van der Waals surface area contributed by atoms with Crippen molar-refractivity contribution >= 4 is 5.82 Å². The Kier molecular flexibility index (Phi) is 4.50. The Morgan fingerprint density at radius 1 is 1.11 bits per heavy atom. The number of hydrogen-bond acceptors (Lipinski definition) is 3. The molecule has 1 unspecified atom stereocenters. The molecule has 100 valence electrons. The summed E-state index contributed by atoms with van der Waals surface area (Å²) in [5, 5.41) is 3.51. The second-order valence-corrected chi connectivity index (χ2v) is 4.66. The van der Waals surface area contributed by atoms with Crippen molar-refractivity contribution in [3.8, 4) is 0 Å². The number of aryl methyl sites for hydroxylation is 2. The molecular weight excluding hydrogens is 234 g/mol. The minimum Gasteiger partial charge on any atom is -0.363 e. The molecule has 1 heterocycles. The quantitative estimate of drug-likeness (QED) is 0.880. The van der Waals surface area contributed by atoms with Crippen LogP contribution in [-0.2, 0) is 6.42 Å². The summed E-state index contributed by atoms with van der Waals surface area (Å²) in [6.45, 7) is 6.23. The molecule has 0 radical (unpaired) electrons. The second kappa shape index (κ2) is 6.32. The fourth-order valence-electron chi connectivity index (χ4n) is 2.17. The van der Waals surface area contributed by atoms with Gasteiger partial charge in [0.15, 0.2) is 0 Å². The van der Waals surface area contributed by atoms with Crippen molar-refractivity contribution in [3.63, 3.8) is 0 Å². The van der Waals surface area contributed by atoms with Crippen LogP contribution in [-0.4, -0.2) is 9.97 Å². The van der Waals surface area contributed by atoms with Crippen LogP contribution in [0.2, 0.25) is 0 Å². The molecule has 0 bridgehead atoms. The zero-order valence-corrected chi connectivity index (χ0v) is 11.9. The van der Waals surface area contributed by atoms with E-state index in [0.29, 0.717) is 6.04 Å². The highest BCUT2D eigenvalue weighted by atomic mass is 15.0. The molecule has 0 spiro atoms. The van der Waals surface area contributed by atoms with Gasteiger partial charge in [0, 0.05) is 11.8 Å². The Hall–Kier alpha value is -1.90. The molecule has 1 N–H and O–H groups in total. The predicted octanol–water partition coefficient (Wildman–Crippen LogP) is 3.91. The Bertz CT molecular complexity index is 523. The van der Waals surface area contributed by atoms with Gasteiger partial charge in [0.25, 0.3) is 0 Å². The summed E-state index contributed by atoms with van der Waals surface area (Å²) in [4.78, 5) is 8.88. The largest absolute Gasteiger partial charge is 0.363 e. The van der Waals surface area contributed by atoms with Gasteiger partial charge >= 0.3 is 0 Å². The molecule has 1 aromatic carbocycles. The van der Waals surface area contributed by atoms with Crippen LogP contribution >= 0.6 is 0 Å². The molecule has 2 aromatic rings. The SMILES string of the molecule is CCc1cc(NC(CC)c2ccccc2)nc(C)n1. The van der Waals surface area contributed by atoms with Crippen LogP contribution in [0.1, 0.15) is 43.4 Å². The van der Waals surface area contributed by atoms with Crippen LogP contribution < -0.4 is 5.32 Å². The topological polar surface area (TPSA) is 37.8 Å². The van der Waals surface area contributed by atoms with E-state index in [4.69, 9.17) is 0 Å². The summed E-state index contributed by atoms with van der Waals surface area (Å²) >= 11 is 0. The molecule has 0 fully saturated rings. The minimum absolute atomic E-state index is 0.292. The maximum atomic E-state index is 4.47. The molecule has 3 heteroatoms. The van der Waals surface area contributed by atoms with Crippen LogP contribution in [0.15, 0.2) is 36.4 Å². The minimum atomic E-state index is 0.292. The predicted molar refractivity (Wildman–Crippen MR) is 79.2 cm³/mol. The fourth-order valence-corrected chi connectivity index (χ4v) is 2.17. The number of hydrogen-bond donors (Lipinski definition) is 1. The van der Waals surface area contributed by atoms with E-state index in [-0.39, 0.29) is 0 Å². The summed E-state index contributed by atoms with van der Waals surface area (Å²) in [5.74, 6) is 1.74. The normalized spacial score (nSPS) is 12.2. The molecule has 0 saturated carbocycles. The average Bonchev–Trinajstić information content (AvgIpc) is 2.45. The van der Waals surface area contributed by atoms with Crippen molar-refractivity contribution in [1.29, 1.82) is 0 Å². The van der Waals surface area contributed by atoms with E-state index in [1.54, 1.807) is 0 Å². The highest BCUT2D eigenvalue weighted by Crippen LogP contribution is 2.21. The van der Waals surface area contributed by atoms with E-state index < -0.39 is 0 Å². The van der Waals surface area contributed by atoms with E-state index >= 15 is 0 Å². The van der Waals surface area contributed by atoms with Gasteiger partial charge in [-0.25, -0.2) is 9.97 Å². The van der Waals surface area contributed by atoms with E-state index in [9.17, 15) is 0 Å². The van der Waals surface area contributed by atoms with Crippen molar-refractivity contribution < 1.29 is 0 Å².